The van der Waals surface area contributed by atoms with Gasteiger partial charge in [0.15, 0.2) is 0 Å². The molecule has 98 valence electrons. The van der Waals surface area contributed by atoms with E-state index in [9.17, 15) is 0 Å². The minimum Gasteiger partial charge on any atom is -0.250 e. The molecular formula is C17H13NS2. The van der Waals surface area contributed by atoms with E-state index in [4.69, 9.17) is 0 Å². The molecular weight excluding hydrogens is 282 g/mol. The van der Waals surface area contributed by atoms with Crippen LogP contribution in [0.25, 0.3) is 0 Å². The van der Waals surface area contributed by atoms with Gasteiger partial charge in [-0.15, -0.1) is 0 Å². The van der Waals surface area contributed by atoms with Gasteiger partial charge in [0, 0.05) is 20.9 Å². The van der Waals surface area contributed by atoms with Crippen molar-refractivity contribution in [3.63, 3.8) is 0 Å². The van der Waals surface area contributed by atoms with Crippen LogP contribution in [0, 0.1) is 0 Å². The molecule has 2 aromatic carbocycles. The molecule has 0 amide bonds. The summed E-state index contributed by atoms with van der Waals surface area (Å²) >= 11 is 3.46. The molecule has 3 rings (SSSR count). The molecule has 0 saturated heterocycles. The van der Waals surface area contributed by atoms with E-state index in [1.54, 1.807) is 23.5 Å². The van der Waals surface area contributed by atoms with Crippen molar-refractivity contribution in [1.29, 1.82) is 0 Å². The fraction of sp³-hybridized carbons (Fsp3) is 0. The molecule has 3 heteroatoms. The molecule has 20 heavy (non-hydrogen) atoms. The molecule has 0 saturated carbocycles. The standard InChI is InChI=1S/C17H13NS2/c1-2-6-14(7-3-1)19-15-9-11-16(12-10-15)20-17-8-4-5-13-18-17/h1-13H. The average molecular weight is 295 g/mol. The Balaban J connectivity index is 1.69. The smallest absolute Gasteiger partial charge is 0.101 e. The van der Waals surface area contributed by atoms with E-state index in [0.717, 1.165) is 5.03 Å². The van der Waals surface area contributed by atoms with Crippen molar-refractivity contribution in [1.82, 2.24) is 4.98 Å². The summed E-state index contributed by atoms with van der Waals surface area (Å²) in [6.07, 6.45) is 1.82. The molecule has 0 bridgehead atoms. The highest BCUT2D eigenvalue weighted by Gasteiger charge is 2.00. The van der Waals surface area contributed by atoms with Crippen LogP contribution in [-0.2, 0) is 0 Å². The monoisotopic (exact) mass is 295 g/mol. The Morgan fingerprint density at radius 2 is 1.15 bits per heavy atom. The van der Waals surface area contributed by atoms with Gasteiger partial charge in [0.2, 0.25) is 0 Å². The molecule has 0 unspecified atom stereocenters. The Labute approximate surface area is 127 Å². The van der Waals surface area contributed by atoms with Gasteiger partial charge in [-0.3, -0.25) is 0 Å². The number of pyridine rings is 1. The van der Waals surface area contributed by atoms with Gasteiger partial charge < -0.3 is 0 Å². The SMILES string of the molecule is c1ccc(Sc2ccc(Sc3ccccn3)cc2)cc1. The van der Waals surface area contributed by atoms with E-state index in [0.29, 0.717) is 0 Å². The van der Waals surface area contributed by atoms with Gasteiger partial charge >= 0.3 is 0 Å². The Morgan fingerprint density at radius 3 is 1.80 bits per heavy atom. The van der Waals surface area contributed by atoms with Crippen molar-refractivity contribution < 1.29 is 0 Å². The van der Waals surface area contributed by atoms with Gasteiger partial charge in [-0.05, 0) is 48.5 Å². The largest absolute Gasteiger partial charge is 0.250 e. The maximum atomic E-state index is 4.32. The zero-order valence-electron chi connectivity index (χ0n) is 10.8. The number of nitrogens with zero attached hydrogens (tertiary/aromatic N) is 1. The summed E-state index contributed by atoms with van der Waals surface area (Å²) in [6, 6.07) is 25.0. The molecule has 0 aliphatic heterocycles. The first-order chi connectivity index (χ1) is 9.90. The van der Waals surface area contributed by atoms with E-state index < -0.39 is 0 Å². The third-order valence-electron chi connectivity index (χ3n) is 2.66. The number of hydrogen-bond acceptors (Lipinski definition) is 3. The third-order valence-corrected chi connectivity index (χ3v) is 4.64. The molecule has 0 N–H and O–H groups in total. The van der Waals surface area contributed by atoms with Crippen LogP contribution in [0.15, 0.2) is 98.7 Å². The summed E-state index contributed by atoms with van der Waals surface area (Å²) in [7, 11) is 0. The first-order valence-corrected chi connectivity index (χ1v) is 7.95. The van der Waals surface area contributed by atoms with Gasteiger partial charge in [-0.2, -0.15) is 0 Å². The molecule has 0 atom stereocenters. The summed E-state index contributed by atoms with van der Waals surface area (Å²) in [6.45, 7) is 0. The van der Waals surface area contributed by atoms with Gasteiger partial charge in [0.05, 0.1) is 0 Å². The molecule has 0 aliphatic carbocycles. The fourth-order valence-electron chi connectivity index (χ4n) is 1.73. The molecule has 3 aromatic rings. The highest BCUT2D eigenvalue weighted by molar-refractivity contribution is 7.99. The summed E-state index contributed by atoms with van der Waals surface area (Å²) < 4.78 is 0. The van der Waals surface area contributed by atoms with Crippen molar-refractivity contribution in [2.75, 3.05) is 0 Å². The first kappa shape index (κ1) is 13.3. The van der Waals surface area contributed by atoms with Crippen molar-refractivity contribution in [2.24, 2.45) is 0 Å². The van der Waals surface area contributed by atoms with Crippen LogP contribution >= 0.6 is 23.5 Å². The normalized spacial score (nSPS) is 10.4. The lowest BCUT2D eigenvalue weighted by molar-refractivity contribution is 1.13. The first-order valence-electron chi connectivity index (χ1n) is 6.32. The number of aromatic nitrogens is 1. The fourth-order valence-corrected chi connectivity index (χ4v) is 3.34. The summed E-state index contributed by atoms with van der Waals surface area (Å²) in [5.41, 5.74) is 0. The van der Waals surface area contributed by atoms with Crippen molar-refractivity contribution >= 4 is 23.5 Å². The van der Waals surface area contributed by atoms with E-state index >= 15 is 0 Å². The zero-order valence-corrected chi connectivity index (χ0v) is 12.4. The lowest BCUT2D eigenvalue weighted by atomic mass is 10.4. The Hall–Kier alpha value is -1.71. The van der Waals surface area contributed by atoms with Gasteiger partial charge in [0.1, 0.15) is 5.03 Å². The second kappa shape index (κ2) is 6.64. The highest BCUT2D eigenvalue weighted by atomic mass is 32.2. The van der Waals surface area contributed by atoms with Crippen LogP contribution < -0.4 is 0 Å². The van der Waals surface area contributed by atoms with Crippen LogP contribution in [0.3, 0.4) is 0 Å². The zero-order chi connectivity index (χ0) is 13.6. The maximum absolute atomic E-state index is 4.32. The van der Waals surface area contributed by atoms with Gasteiger partial charge in [-0.1, -0.05) is 47.8 Å². The summed E-state index contributed by atoms with van der Waals surface area (Å²) in [5, 5.41) is 1.02. The van der Waals surface area contributed by atoms with Crippen LogP contribution in [-0.4, -0.2) is 4.98 Å². The molecule has 0 fully saturated rings. The quantitative estimate of drug-likeness (QED) is 0.641. The Kier molecular flexibility index (Phi) is 4.41. The van der Waals surface area contributed by atoms with E-state index in [1.807, 2.05) is 30.5 Å². The van der Waals surface area contributed by atoms with E-state index in [2.05, 4.69) is 53.5 Å². The lowest BCUT2D eigenvalue weighted by Gasteiger charge is -2.04. The molecule has 1 nitrogen and oxygen atoms in total. The van der Waals surface area contributed by atoms with Crippen LogP contribution in [0.2, 0.25) is 0 Å². The van der Waals surface area contributed by atoms with Crippen molar-refractivity contribution in [2.45, 2.75) is 19.7 Å². The third kappa shape index (κ3) is 3.65. The summed E-state index contributed by atoms with van der Waals surface area (Å²) in [5.74, 6) is 0. The molecule has 0 spiro atoms. The van der Waals surface area contributed by atoms with Gasteiger partial charge in [0.25, 0.3) is 0 Å². The Morgan fingerprint density at radius 1 is 0.550 bits per heavy atom. The van der Waals surface area contributed by atoms with E-state index in [1.165, 1.54) is 14.7 Å². The Bertz CT molecular complexity index is 591. The van der Waals surface area contributed by atoms with Crippen molar-refractivity contribution in [3.05, 3.63) is 79.0 Å². The molecule has 1 aromatic heterocycles. The predicted octanol–water partition coefficient (Wildman–Crippen LogP) is 5.38. The van der Waals surface area contributed by atoms with Crippen LogP contribution in [0.5, 0.6) is 0 Å². The summed E-state index contributed by atoms with van der Waals surface area (Å²) in [4.78, 5) is 8.04. The lowest BCUT2D eigenvalue weighted by Crippen LogP contribution is -1.78. The van der Waals surface area contributed by atoms with Crippen molar-refractivity contribution in [3.8, 4) is 0 Å². The van der Waals surface area contributed by atoms with Crippen LogP contribution in [0.4, 0.5) is 0 Å². The maximum Gasteiger partial charge on any atom is 0.101 e. The van der Waals surface area contributed by atoms with E-state index in [-0.39, 0.29) is 0 Å². The number of hydrogen-bond donors (Lipinski definition) is 0. The average Bonchev–Trinajstić information content (AvgIpc) is 2.51. The predicted molar refractivity (Wildman–Crippen MR) is 85.4 cm³/mol. The topological polar surface area (TPSA) is 12.9 Å². The highest BCUT2D eigenvalue weighted by Crippen LogP contribution is 2.31. The second-order valence-electron chi connectivity index (χ2n) is 4.16. The number of rotatable bonds is 4. The molecule has 1 heterocycles. The van der Waals surface area contributed by atoms with Crippen LogP contribution in [0.1, 0.15) is 0 Å². The molecule has 0 radical (unpaired) electrons. The minimum atomic E-state index is 1.02. The minimum absolute atomic E-state index is 1.02. The van der Waals surface area contributed by atoms with Gasteiger partial charge in [-0.25, -0.2) is 4.98 Å². The second-order valence-corrected chi connectivity index (χ2v) is 6.40. The number of benzene rings is 2. The molecule has 0 aliphatic rings.